The molecule has 0 aromatic carbocycles. The van der Waals surface area contributed by atoms with E-state index in [0.717, 1.165) is 18.5 Å². The number of ether oxygens (including phenoxy) is 2. The molecule has 1 amide bonds. The van der Waals surface area contributed by atoms with Gasteiger partial charge in [0.1, 0.15) is 0 Å². The van der Waals surface area contributed by atoms with Crippen LogP contribution in [0.15, 0.2) is 6.07 Å². The Morgan fingerprint density at radius 1 is 1.20 bits per heavy atom. The lowest BCUT2D eigenvalue weighted by Crippen LogP contribution is -2.47. The lowest BCUT2D eigenvalue weighted by molar-refractivity contribution is -0.181. The first kappa shape index (κ1) is 13.5. The average Bonchev–Trinajstić information content (AvgIpc) is 2.90. The summed E-state index contributed by atoms with van der Waals surface area (Å²) in [5, 5.41) is 7.98. The number of piperidine rings is 1. The predicted octanol–water partition coefficient (Wildman–Crippen LogP) is 1.07. The van der Waals surface area contributed by atoms with Crippen LogP contribution in [0, 0.1) is 13.8 Å². The second-order valence-electron chi connectivity index (χ2n) is 5.38. The van der Waals surface area contributed by atoms with Crippen LogP contribution in [-0.4, -0.2) is 53.1 Å². The fraction of sp³-hybridized carbons (Fsp3) is 0.643. The van der Waals surface area contributed by atoms with Crippen molar-refractivity contribution < 1.29 is 14.3 Å². The predicted molar refractivity (Wildman–Crippen MR) is 71.3 cm³/mol. The van der Waals surface area contributed by atoms with Crippen LogP contribution in [0.3, 0.4) is 0 Å². The van der Waals surface area contributed by atoms with Crippen molar-refractivity contribution in [2.45, 2.75) is 32.5 Å². The first-order valence-electron chi connectivity index (χ1n) is 6.98. The molecule has 0 N–H and O–H groups in total. The van der Waals surface area contributed by atoms with Gasteiger partial charge in [-0.3, -0.25) is 4.79 Å². The van der Waals surface area contributed by atoms with Crippen LogP contribution >= 0.6 is 0 Å². The van der Waals surface area contributed by atoms with Crippen molar-refractivity contribution in [3.63, 3.8) is 0 Å². The summed E-state index contributed by atoms with van der Waals surface area (Å²) in [4.78, 5) is 14.4. The summed E-state index contributed by atoms with van der Waals surface area (Å²) in [6.45, 7) is 6.27. The van der Waals surface area contributed by atoms with Crippen molar-refractivity contribution in [2.75, 3.05) is 26.3 Å². The van der Waals surface area contributed by atoms with Gasteiger partial charge in [-0.15, -0.1) is 0 Å². The number of amides is 1. The van der Waals surface area contributed by atoms with Gasteiger partial charge in [0, 0.05) is 25.9 Å². The Kier molecular flexibility index (Phi) is 3.43. The first-order valence-corrected chi connectivity index (χ1v) is 6.98. The smallest absolute Gasteiger partial charge is 0.255 e. The van der Waals surface area contributed by atoms with Gasteiger partial charge in [-0.2, -0.15) is 10.2 Å². The zero-order valence-electron chi connectivity index (χ0n) is 11.9. The van der Waals surface area contributed by atoms with Crippen molar-refractivity contribution >= 4 is 5.91 Å². The SMILES string of the molecule is Cc1cc(C(=O)N2CCC3(CC2)OCCO3)c(C)nn1. The highest BCUT2D eigenvalue weighted by molar-refractivity contribution is 5.95. The molecule has 1 aromatic heterocycles. The number of hydrogen-bond acceptors (Lipinski definition) is 5. The molecule has 0 bridgehead atoms. The van der Waals surface area contributed by atoms with E-state index >= 15 is 0 Å². The Bertz CT molecular complexity index is 516. The van der Waals surface area contributed by atoms with Crippen molar-refractivity contribution in [1.29, 1.82) is 0 Å². The molecule has 1 aromatic rings. The Hall–Kier alpha value is -1.53. The molecule has 20 heavy (non-hydrogen) atoms. The third-order valence-corrected chi connectivity index (χ3v) is 3.96. The molecule has 2 aliphatic rings. The molecule has 6 nitrogen and oxygen atoms in total. The van der Waals surface area contributed by atoms with Gasteiger partial charge in [-0.1, -0.05) is 0 Å². The molecule has 0 saturated carbocycles. The van der Waals surface area contributed by atoms with E-state index < -0.39 is 5.79 Å². The fourth-order valence-corrected chi connectivity index (χ4v) is 2.77. The zero-order valence-corrected chi connectivity index (χ0v) is 11.9. The summed E-state index contributed by atoms with van der Waals surface area (Å²) < 4.78 is 11.4. The molecular formula is C14H19N3O3. The van der Waals surface area contributed by atoms with Gasteiger partial charge < -0.3 is 14.4 Å². The standard InChI is InChI=1S/C14H19N3O3/c1-10-9-12(11(2)16-15-10)13(18)17-5-3-14(4-6-17)19-7-8-20-14/h9H,3-8H2,1-2H3. The molecule has 6 heteroatoms. The van der Waals surface area contributed by atoms with Gasteiger partial charge >= 0.3 is 0 Å². The van der Waals surface area contributed by atoms with Gasteiger partial charge in [-0.05, 0) is 19.9 Å². The molecular weight excluding hydrogens is 258 g/mol. The number of hydrogen-bond donors (Lipinski definition) is 0. The van der Waals surface area contributed by atoms with Crippen LogP contribution in [0.1, 0.15) is 34.6 Å². The minimum Gasteiger partial charge on any atom is -0.347 e. The molecule has 0 radical (unpaired) electrons. The van der Waals surface area contributed by atoms with Crippen LogP contribution < -0.4 is 0 Å². The summed E-state index contributed by atoms with van der Waals surface area (Å²) in [5.74, 6) is -0.425. The maximum atomic E-state index is 12.6. The lowest BCUT2D eigenvalue weighted by Gasteiger charge is -2.37. The van der Waals surface area contributed by atoms with Crippen LogP contribution in [0.25, 0.3) is 0 Å². The van der Waals surface area contributed by atoms with Gasteiger partial charge in [0.05, 0.1) is 30.2 Å². The summed E-state index contributed by atoms with van der Waals surface area (Å²) in [7, 11) is 0. The van der Waals surface area contributed by atoms with Crippen LogP contribution in [0.4, 0.5) is 0 Å². The number of carbonyl (C=O) groups excluding carboxylic acids is 1. The lowest BCUT2D eigenvalue weighted by atomic mass is 10.0. The molecule has 0 atom stereocenters. The highest BCUT2D eigenvalue weighted by atomic mass is 16.7. The van der Waals surface area contributed by atoms with Crippen molar-refractivity contribution in [2.24, 2.45) is 0 Å². The summed E-state index contributed by atoms with van der Waals surface area (Å²) in [5.41, 5.74) is 2.07. The number of aryl methyl sites for hydroxylation is 2. The van der Waals surface area contributed by atoms with E-state index in [4.69, 9.17) is 9.47 Å². The number of nitrogens with zero attached hydrogens (tertiary/aromatic N) is 3. The Morgan fingerprint density at radius 3 is 2.50 bits per heavy atom. The Labute approximate surface area is 118 Å². The molecule has 108 valence electrons. The molecule has 3 rings (SSSR count). The summed E-state index contributed by atoms with van der Waals surface area (Å²) in [6.07, 6.45) is 1.46. The summed E-state index contributed by atoms with van der Waals surface area (Å²) >= 11 is 0. The maximum absolute atomic E-state index is 12.6. The average molecular weight is 277 g/mol. The normalized spacial score (nSPS) is 21.4. The number of carbonyl (C=O) groups is 1. The molecule has 2 aliphatic heterocycles. The highest BCUT2D eigenvalue weighted by Gasteiger charge is 2.41. The molecule has 2 saturated heterocycles. The van der Waals surface area contributed by atoms with Crippen LogP contribution in [-0.2, 0) is 9.47 Å². The second-order valence-corrected chi connectivity index (χ2v) is 5.38. The van der Waals surface area contributed by atoms with Crippen molar-refractivity contribution in [3.05, 3.63) is 23.0 Å². The molecule has 1 spiro atoms. The largest absolute Gasteiger partial charge is 0.347 e. The zero-order chi connectivity index (χ0) is 14.2. The van der Waals surface area contributed by atoms with E-state index in [1.807, 2.05) is 18.7 Å². The van der Waals surface area contributed by atoms with Gasteiger partial charge in [0.25, 0.3) is 5.91 Å². The first-order chi connectivity index (χ1) is 9.60. The summed E-state index contributed by atoms with van der Waals surface area (Å²) in [6, 6.07) is 1.80. The number of likely N-dealkylation sites (tertiary alicyclic amines) is 1. The van der Waals surface area contributed by atoms with Crippen molar-refractivity contribution in [3.8, 4) is 0 Å². The van der Waals surface area contributed by atoms with E-state index in [0.29, 0.717) is 37.6 Å². The molecule has 3 heterocycles. The van der Waals surface area contributed by atoms with Crippen LogP contribution in [0.5, 0.6) is 0 Å². The molecule has 2 fully saturated rings. The Morgan fingerprint density at radius 2 is 1.85 bits per heavy atom. The van der Waals surface area contributed by atoms with E-state index in [1.54, 1.807) is 6.07 Å². The third kappa shape index (κ3) is 2.41. The Balaban J connectivity index is 1.71. The minimum atomic E-state index is -0.446. The quantitative estimate of drug-likeness (QED) is 0.768. The van der Waals surface area contributed by atoms with Crippen LogP contribution in [0.2, 0.25) is 0 Å². The fourth-order valence-electron chi connectivity index (χ4n) is 2.77. The topological polar surface area (TPSA) is 64.6 Å². The van der Waals surface area contributed by atoms with E-state index in [1.165, 1.54) is 0 Å². The van der Waals surface area contributed by atoms with Gasteiger partial charge in [0.15, 0.2) is 5.79 Å². The van der Waals surface area contributed by atoms with E-state index in [9.17, 15) is 4.79 Å². The van der Waals surface area contributed by atoms with Gasteiger partial charge in [0.2, 0.25) is 0 Å². The molecule has 0 unspecified atom stereocenters. The number of rotatable bonds is 1. The molecule has 0 aliphatic carbocycles. The third-order valence-electron chi connectivity index (χ3n) is 3.96. The van der Waals surface area contributed by atoms with E-state index in [2.05, 4.69) is 10.2 Å². The monoisotopic (exact) mass is 277 g/mol. The van der Waals surface area contributed by atoms with E-state index in [-0.39, 0.29) is 5.91 Å². The number of aromatic nitrogens is 2. The van der Waals surface area contributed by atoms with Crippen molar-refractivity contribution in [1.82, 2.24) is 15.1 Å². The minimum absolute atomic E-state index is 0.0216. The maximum Gasteiger partial charge on any atom is 0.255 e. The second kappa shape index (κ2) is 5.10. The van der Waals surface area contributed by atoms with Gasteiger partial charge in [-0.25, -0.2) is 0 Å². The highest BCUT2D eigenvalue weighted by Crippen LogP contribution is 2.31.